The van der Waals surface area contributed by atoms with Crippen molar-refractivity contribution in [2.75, 3.05) is 34.4 Å². The van der Waals surface area contributed by atoms with E-state index in [1.165, 1.54) is 0 Å². The van der Waals surface area contributed by atoms with Crippen LogP contribution >= 0.6 is 0 Å². The highest BCUT2D eigenvalue weighted by atomic mass is 16.5. The standard InChI is InChI=1S/C15H26N2O3/c1-5-12(17-7-6-16)8-11-9-13(18-2)15(20-4)14(10-11)19-3/h9-10,12,17H,5-8,16H2,1-4H3. The number of nitrogens with one attached hydrogen (secondary N) is 1. The number of hydrogen-bond acceptors (Lipinski definition) is 5. The molecule has 5 heteroatoms. The summed E-state index contributed by atoms with van der Waals surface area (Å²) in [6, 6.07) is 4.38. The number of rotatable bonds is 9. The Hall–Kier alpha value is -1.46. The second-order valence-corrected chi connectivity index (χ2v) is 4.59. The first-order chi connectivity index (χ1) is 9.69. The van der Waals surface area contributed by atoms with Crippen LogP contribution in [0.2, 0.25) is 0 Å². The topological polar surface area (TPSA) is 65.7 Å². The molecule has 1 aromatic carbocycles. The first kappa shape index (κ1) is 16.6. The van der Waals surface area contributed by atoms with Gasteiger partial charge >= 0.3 is 0 Å². The molecule has 0 aliphatic rings. The fourth-order valence-corrected chi connectivity index (χ4v) is 2.19. The third-order valence-corrected chi connectivity index (χ3v) is 3.28. The van der Waals surface area contributed by atoms with E-state index in [0.717, 1.165) is 24.9 Å². The molecule has 0 aliphatic carbocycles. The molecule has 0 saturated carbocycles. The molecule has 1 rings (SSSR count). The zero-order chi connectivity index (χ0) is 15.0. The molecule has 1 aromatic rings. The third-order valence-electron chi connectivity index (χ3n) is 3.28. The lowest BCUT2D eigenvalue weighted by molar-refractivity contribution is 0.323. The average Bonchev–Trinajstić information content (AvgIpc) is 2.50. The Morgan fingerprint density at radius 1 is 1.10 bits per heavy atom. The smallest absolute Gasteiger partial charge is 0.203 e. The van der Waals surface area contributed by atoms with E-state index in [1.807, 2.05) is 12.1 Å². The number of benzene rings is 1. The van der Waals surface area contributed by atoms with Gasteiger partial charge in [0.05, 0.1) is 21.3 Å². The van der Waals surface area contributed by atoms with Crippen LogP contribution in [-0.2, 0) is 6.42 Å². The first-order valence-corrected chi connectivity index (χ1v) is 6.92. The van der Waals surface area contributed by atoms with Crippen molar-refractivity contribution >= 4 is 0 Å². The summed E-state index contributed by atoms with van der Waals surface area (Å²) in [6.07, 6.45) is 1.93. The van der Waals surface area contributed by atoms with E-state index < -0.39 is 0 Å². The summed E-state index contributed by atoms with van der Waals surface area (Å²) >= 11 is 0. The summed E-state index contributed by atoms with van der Waals surface area (Å²) in [4.78, 5) is 0. The predicted molar refractivity (Wildman–Crippen MR) is 80.9 cm³/mol. The van der Waals surface area contributed by atoms with Gasteiger partial charge in [0.2, 0.25) is 5.75 Å². The Balaban J connectivity index is 2.94. The molecule has 0 saturated heterocycles. The Kier molecular flexibility index (Phi) is 7.18. The molecule has 114 valence electrons. The van der Waals surface area contributed by atoms with Crippen LogP contribution in [-0.4, -0.2) is 40.5 Å². The van der Waals surface area contributed by atoms with Crippen molar-refractivity contribution in [2.24, 2.45) is 5.73 Å². The summed E-state index contributed by atoms with van der Waals surface area (Å²) in [5.74, 6) is 2.01. The number of hydrogen-bond donors (Lipinski definition) is 2. The SMILES string of the molecule is CCC(Cc1cc(OC)c(OC)c(OC)c1)NCCN. The van der Waals surface area contributed by atoms with Crippen molar-refractivity contribution in [3.8, 4) is 17.2 Å². The normalized spacial score (nSPS) is 12.1. The highest BCUT2D eigenvalue weighted by Crippen LogP contribution is 2.38. The highest BCUT2D eigenvalue weighted by molar-refractivity contribution is 5.53. The lowest BCUT2D eigenvalue weighted by Crippen LogP contribution is -2.34. The number of nitrogens with two attached hydrogens (primary N) is 1. The number of methoxy groups -OCH3 is 3. The molecule has 0 aliphatic heterocycles. The molecule has 0 radical (unpaired) electrons. The molecule has 0 bridgehead atoms. The zero-order valence-corrected chi connectivity index (χ0v) is 12.9. The highest BCUT2D eigenvalue weighted by Gasteiger charge is 2.15. The molecule has 0 fully saturated rings. The van der Waals surface area contributed by atoms with E-state index in [-0.39, 0.29) is 0 Å². The van der Waals surface area contributed by atoms with Crippen molar-refractivity contribution in [2.45, 2.75) is 25.8 Å². The maximum Gasteiger partial charge on any atom is 0.203 e. The van der Waals surface area contributed by atoms with E-state index in [1.54, 1.807) is 21.3 Å². The first-order valence-electron chi connectivity index (χ1n) is 6.92. The zero-order valence-electron chi connectivity index (χ0n) is 12.9. The van der Waals surface area contributed by atoms with Gasteiger partial charge in [-0.25, -0.2) is 0 Å². The van der Waals surface area contributed by atoms with Gasteiger partial charge in [0, 0.05) is 19.1 Å². The summed E-state index contributed by atoms with van der Waals surface area (Å²) < 4.78 is 16.1. The Bertz CT molecular complexity index is 385. The van der Waals surface area contributed by atoms with Gasteiger partial charge in [-0.05, 0) is 30.5 Å². The van der Waals surface area contributed by atoms with Crippen LogP contribution in [0.15, 0.2) is 12.1 Å². The van der Waals surface area contributed by atoms with Crippen LogP contribution in [0.4, 0.5) is 0 Å². The summed E-state index contributed by atoms with van der Waals surface area (Å²) in [5.41, 5.74) is 6.68. The van der Waals surface area contributed by atoms with Crippen LogP contribution in [0, 0.1) is 0 Å². The van der Waals surface area contributed by atoms with Crippen LogP contribution in [0.1, 0.15) is 18.9 Å². The van der Waals surface area contributed by atoms with Crippen molar-refractivity contribution in [3.05, 3.63) is 17.7 Å². The summed E-state index contributed by atoms with van der Waals surface area (Å²) in [7, 11) is 4.87. The molecule has 3 N–H and O–H groups in total. The van der Waals surface area contributed by atoms with Gasteiger partial charge in [-0.1, -0.05) is 6.92 Å². The minimum absolute atomic E-state index is 0.390. The van der Waals surface area contributed by atoms with Crippen molar-refractivity contribution < 1.29 is 14.2 Å². The lowest BCUT2D eigenvalue weighted by Gasteiger charge is -2.19. The second kappa shape index (κ2) is 8.66. The largest absolute Gasteiger partial charge is 0.493 e. The van der Waals surface area contributed by atoms with E-state index in [4.69, 9.17) is 19.9 Å². The van der Waals surface area contributed by atoms with Gasteiger partial charge in [-0.15, -0.1) is 0 Å². The minimum atomic E-state index is 0.390. The maximum absolute atomic E-state index is 5.54. The second-order valence-electron chi connectivity index (χ2n) is 4.59. The summed E-state index contributed by atoms with van der Waals surface area (Å²) in [5, 5.41) is 3.43. The van der Waals surface area contributed by atoms with E-state index in [0.29, 0.717) is 29.8 Å². The predicted octanol–water partition coefficient (Wildman–Crippen LogP) is 1.58. The van der Waals surface area contributed by atoms with E-state index >= 15 is 0 Å². The maximum atomic E-state index is 5.54. The summed E-state index contributed by atoms with van der Waals surface area (Å²) in [6.45, 7) is 3.63. The molecule has 5 nitrogen and oxygen atoms in total. The van der Waals surface area contributed by atoms with Gasteiger partial charge < -0.3 is 25.3 Å². The van der Waals surface area contributed by atoms with Crippen molar-refractivity contribution in [1.29, 1.82) is 0 Å². The van der Waals surface area contributed by atoms with Gasteiger partial charge in [0.1, 0.15) is 0 Å². The Morgan fingerprint density at radius 2 is 1.70 bits per heavy atom. The third kappa shape index (κ3) is 4.28. The van der Waals surface area contributed by atoms with Gasteiger partial charge in [0.15, 0.2) is 11.5 Å². The Morgan fingerprint density at radius 3 is 2.10 bits per heavy atom. The molecule has 1 atom stereocenters. The fraction of sp³-hybridized carbons (Fsp3) is 0.600. The quantitative estimate of drug-likeness (QED) is 0.720. The molecule has 0 amide bonds. The van der Waals surface area contributed by atoms with Gasteiger partial charge in [-0.2, -0.15) is 0 Å². The minimum Gasteiger partial charge on any atom is -0.493 e. The molecular formula is C15H26N2O3. The molecule has 1 unspecified atom stereocenters. The van der Waals surface area contributed by atoms with Gasteiger partial charge in [0.25, 0.3) is 0 Å². The molecular weight excluding hydrogens is 256 g/mol. The molecule has 0 aromatic heterocycles. The van der Waals surface area contributed by atoms with Crippen LogP contribution in [0.5, 0.6) is 17.2 Å². The number of ether oxygens (including phenoxy) is 3. The fourth-order valence-electron chi connectivity index (χ4n) is 2.19. The average molecular weight is 282 g/mol. The van der Waals surface area contributed by atoms with Crippen LogP contribution < -0.4 is 25.3 Å². The van der Waals surface area contributed by atoms with E-state index in [2.05, 4.69) is 12.2 Å². The van der Waals surface area contributed by atoms with E-state index in [9.17, 15) is 0 Å². The van der Waals surface area contributed by atoms with Crippen molar-refractivity contribution in [1.82, 2.24) is 5.32 Å². The molecule has 0 spiro atoms. The van der Waals surface area contributed by atoms with Crippen molar-refractivity contribution in [3.63, 3.8) is 0 Å². The lowest BCUT2D eigenvalue weighted by atomic mass is 10.0. The monoisotopic (exact) mass is 282 g/mol. The van der Waals surface area contributed by atoms with Crippen LogP contribution in [0.3, 0.4) is 0 Å². The van der Waals surface area contributed by atoms with Gasteiger partial charge in [-0.3, -0.25) is 0 Å². The molecule has 0 heterocycles. The van der Waals surface area contributed by atoms with Crippen LogP contribution in [0.25, 0.3) is 0 Å². The Labute approximate surface area is 121 Å². The molecule has 20 heavy (non-hydrogen) atoms.